The molecule has 0 aromatic carbocycles. The molecule has 0 saturated carbocycles. The number of carbonyl (C=O) groups is 4. The van der Waals surface area contributed by atoms with E-state index in [-0.39, 0.29) is 60.9 Å². The van der Waals surface area contributed by atoms with Crippen LogP contribution < -0.4 is 0 Å². The lowest BCUT2D eigenvalue weighted by molar-refractivity contribution is -0.196. The summed E-state index contributed by atoms with van der Waals surface area (Å²) in [6, 6.07) is 0. The summed E-state index contributed by atoms with van der Waals surface area (Å²) in [5.74, 6) is -0.627. The first kappa shape index (κ1) is 15.7. The van der Waals surface area contributed by atoms with Crippen molar-refractivity contribution in [2.75, 3.05) is 0 Å². The molecular weight excluding hydrogens is 276 g/mol. The highest BCUT2D eigenvalue weighted by atomic mass is 16.6. The van der Waals surface area contributed by atoms with Crippen LogP contribution in [0.2, 0.25) is 0 Å². The molecule has 2 unspecified atom stereocenters. The third-order valence-electron chi connectivity index (χ3n) is 4.03. The summed E-state index contributed by atoms with van der Waals surface area (Å²) in [5.41, 5.74) is 0. The Labute approximate surface area is 123 Å². The van der Waals surface area contributed by atoms with E-state index in [0.29, 0.717) is 25.7 Å². The molecule has 6 nitrogen and oxygen atoms in total. The van der Waals surface area contributed by atoms with E-state index >= 15 is 0 Å². The van der Waals surface area contributed by atoms with Crippen LogP contribution in [0.1, 0.15) is 51.9 Å². The number of hydrogen-bond acceptors (Lipinski definition) is 6. The Hall–Kier alpha value is -1.72. The van der Waals surface area contributed by atoms with Gasteiger partial charge in [0.05, 0.1) is 12.8 Å². The third-order valence-corrected chi connectivity index (χ3v) is 4.03. The average Bonchev–Trinajstić information content (AvgIpc) is 2.38. The average molecular weight is 296 g/mol. The van der Waals surface area contributed by atoms with Gasteiger partial charge in [0.25, 0.3) is 0 Å². The minimum atomic E-state index is -0.322. The van der Waals surface area contributed by atoms with Crippen molar-refractivity contribution in [1.82, 2.24) is 0 Å². The molecule has 0 bridgehead atoms. The van der Waals surface area contributed by atoms with E-state index in [1.165, 1.54) is 0 Å². The normalized spacial score (nSPS) is 25.2. The highest BCUT2D eigenvalue weighted by Gasteiger charge is 2.46. The van der Waals surface area contributed by atoms with E-state index in [2.05, 4.69) is 0 Å². The van der Waals surface area contributed by atoms with Crippen molar-refractivity contribution >= 4 is 23.5 Å². The van der Waals surface area contributed by atoms with Gasteiger partial charge in [-0.15, -0.1) is 0 Å². The molecule has 2 rings (SSSR count). The fourth-order valence-corrected chi connectivity index (χ4v) is 2.65. The van der Waals surface area contributed by atoms with Gasteiger partial charge >= 0.3 is 11.9 Å². The Morgan fingerprint density at radius 3 is 1.95 bits per heavy atom. The van der Waals surface area contributed by atoms with E-state index in [9.17, 15) is 19.2 Å². The van der Waals surface area contributed by atoms with Gasteiger partial charge in [-0.25, -0.2) is 0 Å². The van der Waals surface area contributed by atoms with Crippen LogP contribution in [0.5, 0.6) is 0 Å². The molecule has 0 amide bonds. The summed E-state index contributed by atoms with van der Waals surface area (Å²) in [4.78, 5) is 45.0. The van der Waals surface area contributed by atoms with Gasteiger partial charge < -0.3 is 9.47 Å². The van der Waals surface area contributed by atoms with Crippen molar-refractivity contribution in [3.63, 3.8) is 0 Å². The maximum atomic E-state index is 12.0. The highest BCUT2D eigenvalue weighted by molar-refractivity contribution is 5.82. The van der Waals surface area contributed by atoms with Gasteiger partial charge in [0.15, 0.2) is 0 Å². The van der Waals surface area contributed by atoms with Crippen molar-refractivity contribution in [2.45, 2.75) is 64.1 Å². The van der Waals surface area contributed by atoms with Crippen LogP contribution in [0.25, 0.3) is 0 Å². The zero-order chi connectivity index (χ0) is 15.4. The van der Waals surface area contributed by atoms with Crippen LogP contribution >= 0.6 is 0 Å². The van der Waals surface area contributed by atoms with Gasteiger partial charge in [-0.1, -0.05) is 6.92 Å². The zero-order valence-electron chi connectivity index (χ0n) is 12.1. The molecule has 21 heavy (non-hydrogen) atoms. The van der Waals surface area contributed by atoms with Crippen LogP contribution in [0.15, 0.2) is 0 Å². The maximum Gasteiger partial charge on any atom is 0.309 e. The first-order valence-electron chi connectivity index (χ1n) is 7.42. The number of esters is 2. The number of cyclic esters (lactones) is 2. The summed E-state index contributed by atoms with van der Waals surface area (Å²) in [6.45, 7) is 1.80. The number of hydrogen-bond donors (Lipinski definition) is 0. The number of Topliss-reactive ketones (excluding diaryl/α,β-unsaturated/α-hetero) is 2. The Morgan fingerprint density at radius 2 is 1.52 bits per heavy atom. The van der Waals surface area contributed by atoms with Crippen LogP contribution in [0.4, 0.5) is 0 Å². The molecule has 0 aliphatic carbocycles. The fraction of sp³-hybridized carbons (Fsp3) is 0.733. The second kappa shape index (κ2) is 6.83. The second-order valence-corrected chi connectivity index (χ2v) is 5.62. The van der Waals surface area contributed by atoms with Gasteiger partial charge in [-0.2, -0.15) is 0 Å². The van der Waals surface area contributed by atoms with Crippen LogP contribution in [0, 0.1) is 5.92 Å². The smallest absolute Gasteiger partial charge is 0.309 e. The fourth-order valence-electron chi connectivity index (χ4n) is 2.65. The van der Waals surface area contributed by atoms with Gasteiger partial charge in [0.1, 0.15) is 23.8 Å². The predicted octanol–water partition coefficient (Wildman–Crippen LogP) is 1.34. The van der Waals surface area contributed by atoms with E-state index in [1.807, 2.05) is 0 Å². The number of ether oxygens (including phenoxy) is 2. The molecular formula is C15H20O6. The summed E-state index contributed by atoms with van der Waals surface area (Å²) < 4.78 is 10.0. The van der Waals surface area contributed by atoms with Crippen molar-refractivity contribution in [3.8, 4) is 0 Å². The standard InChI is InChI=1S/C15H20O6/c1-2-9(16)4-3-5-10(17)6-11(12-7-14(18)20-12)13-8-15(19)21-13/h11-13H,2-8H2,1H3. The number of ketones is 2. The lowest BCUT2D eigenvalue weighted by atomic mass is 9.82. The third kappa shape index (κ3) is 4.12. The van der Waals surface area contributed by atoms with Crippen LogP contribution in [-0.2, 0) is 28.7 Å². The molecule has 0 spiro atoms. The first-order chi connectivity index (χ1) is 9.99. The molecule has 2 aliphatic heterocycles. The lowest BCUT2D eigenvalue weighted by Gasteiger charge is -2.40. The van der Waals surface area contributed by atoms with Gasteiger partial charge in [0.2, 0.25) is 0 Å². The molecule has 0 radical (unpaired) electrons. The molecule has 2 heterocycles. The molecule has 2 fully saturated rings. The van der Waals surface area contributed by atoms with Crippen molar-refractivity contribution in [2.24, 2.45) is 5.92 Å². The molecule has 0 N–H and O–H groups in total. The first-order valence-corrected chi connectivity index (χ1v) is 7.42. The monoisotopic (exact) mass is 296 g/mol. The molecule has 0 aromatic heterocycles. The van der Waals surface area contributed by atoms with Gasteiger partial charge in [-0.05, 0) is 6.42 Å². The Bertz CT molecular complexity index is 415. The van der Waals surface area contributed by atoms with E-state index < -0.39 is 0 Å². The van der Waals surface area contributed by atoms with Crippen molar-refractivity contribution in [3.05, 3.63) is 0 Å². The van der Waals surface area contributed by atoms with Crippen molar-refractivity contribution < 1.29 is 28.7 Å². The minimum absolute atomic E-state index is 0.0230. The van der Waals surface area contributed by atoms with E-state index in [1.54, 1.807) is 6.92 Å². The largest absolute Gasteiger partial charge is 0.461 e. The Morgan fingerprint density at radius 1 is 1.05 bits per heavy atom. The van der Waals surface area contributed by atoms with E-state index in [0.717, 1.165) is 0 Å². The minimum Gasteiger partial charge on any atom is -0.461 e. The molecule has 2 aliphatic rings. The summed E-state index contributed by atoms with van der Waals surface area (Å²) in [5, 5.41) is 0. The summed E-state index contributed by atoms with van der Waals surface area (Å²) in [7, 11) is 0. The molecule has 2 saturated heterocycles. The molecule has 6 heteroatoms. The predicted molar refractivity (Wildman–Crippen MR) is 71.3 cm³/mol. The Kier molecular flexibility index (Phi) is 5.09. The molecule has 116 valence electrons. The summed E-state index contributed by atoms with van der Waals surface area (Å²) >= 11 is 0. The SMILES string of the molecule is CCC(=O)CCCC(=O)CC(C1CC(=O)O1)C1CC(=O)O1. The Balaban J connectivity index is 1.78. The summed E-state index contributed by atoms with van der Waals surface area (Å²) in [6.07, 6.45) is 1.94. The molecule has 2 atom stereocenters. The highest BCUT2D eigenvalue weighted by Crippen LogP contribution is 2.34. The maximum absolute atomic E-state index is 12.0. The topological polar surface area (TPSA) is 86.7 Å². The number of rotatable bonds is 9. The zero-order valence-corrected chi connectivity index (χ0v) is 12.1. The van der Waals surface area contributed by atoms with E-state index in [4.69, 9.17) is 9.47 Å². The van der Waals surface area contributed by atoms with Crippen LogP contribution in [0.3, 0.4) is 0 Å². The lowest BCUT2D eigenvalue weighted by Crippen LogP contribution is -2.50. The quantitative estimate of drug-likeness (QED) is 0.597. The van der Waals surface area contributed by atoms with Crippen LogP contribution in [-0.4, -0.2) is 35.7 Å². The van der Waals surface area contributed by atoms with Gasteiger partial charge in [-0.3, -0.25) is 19.2 Å². The van der Waals surface area contributed by atoms with Gasteiger partial charge in [0, 0.05) is 31.6 Å². The van der Waals surface area contributed by atoms with Crippen molar-refractivity contribution in [1.29, 1.82) is 0 Å². The second-order valence-electron chi connectivity index (χ2n) is 5.62. The molecule has 0 aromatic rings. The number of carbonyl (C=O) groups excluding carboxylic acids is 4.